The summed E-state index contributed by atoms with van der Waals surface area (Å²) in [6.45, 7) is 7.20. The Balaban J connectivity index is 1.73. The minimum Gasteiger partial charge on any atom is -0.354 e. The molecule has 0 bridgehead atoms. The van der Waals surface area contributed by atoms with Gasteiger partial charge in [-0.25, -0.2) is 8.42 Å². The highest BCUT2D eigenvalue weighted by molar-refractivity contribution is 7.89. The van der Waals surface area contributed by atoms with E-state index in [0.29, 0.717) is 28.1 Å². The van der Waals surface area contributed by atoms with Gasteiger partial charge in [0.25, 0.3) is 5.91 Å². The lowest BCUT2D eigenvalue weighted by Gasteiger charge is -2.34. The van der Waals surface area contributed by atoms with Crippen LogP contribution in [0.25, 0.3) is 0 Å². The van der Waals surface area contributed by atoms with Crippen LogP contribution in [0.2, 0.25) is 0 Å². The number of carbonyl (C=O) groups is 3. The van der Waals surface area contributed by atoms with Crippen LogP contribution >= 0.6 is 0 Å². The van der Waals surface area contributed by atoms with Crippen LogP contribution in [0.5, 0.6) is 0 Å². The van der Waals surface area contributed by atoms with E-state index in [9.17, 15) is 22.8 Å². The number of aryl methyl sites for hydroxylation is 1. The first-order chi connectivity index (χ1) is 14.0. The van der Waals surface area contributed by atoms with Crippen LogP contribution < -0.4 is 0 Å². The van der Waals surface area contributed by atoms with Crippen LogP contribution in [-0.4, -0.2) is 66.3 Å². The number of carbonyl (C=O) groups excluding carboxylic acids is 3. The molecule has 2 aromatic rings. The van der Waals surface area contributed by atoms with E-state index in [1.54, 1.807) is 18.7 Å². The normalized spacial score (nSPS) is 15.3. The highest BCUT2D eigenvalue weighted by Crippen LogP contribution is 2.22. The third-order valence-corrected chi connectivity index (χ3v) is 7.34. The Labute approximate surface area is 175 Å². The van der Waals surface area contributed by atoms with Gasteiger partial charge in [0.15, 0.2) is 11.6 Å². The first kappa shape index (κ1) is 21.9. The third-order valence-electron chi connectivity index (χ3n) is 5.43. The molecule has 3 rings (SSSR count). The molecule has 0 aliphatic carbocycles. The van der Waals surface area contributed by atoms with Gasteiger partial charge in [-0.1, -0.05) is 12.1 Å². The number of piperazine rings is 1. The van der Waals surface area contributed by atoms with Gasteiger partial charge in [-0.3, -0.25) is 14.4 Å². The van der Waals surface area contributed by atoms with Crippen molar-refractivity contribution < 1.29 is 22.8 Å². The van der Waals surface area contributed by atoms with Crippen LogP contribution in [-0.2, 0) is 10.0 Å². The van der Waals surface area contributed by atoms with Gasteiger partial charge < -0.3 is 9.88 Å². The van der Waals surface area contributed by atoms with Gasteiger partial charge in [-0.15, -0.1) is 0 Å². The van der Waals surface area contributed by atoms with E-state index in [1.807, 2.05) is 0 Å². The molecule has 0 saturated carbocycles. The molecule has 0 spiro atoms. The minimum atomic E-state index is -3.71. The van der Waals surface area contributed by atoms with Crippen LogP contribution in [0.4, 0.5) is 0 Å². The Hall–Kier alpha value is -2.78. The number of nitrogens with one attached hydrogen (secondary N) is 1. The summed E-state index contributed by atoms with van der Waals surface area (Å²) < 4.78 is 27.1. The summed E-state index contributed by atoms with van der Waals surface area (Å²) in [4.78, 5) is 40.8. The molecule has 1 aliphatic rings. The fraction of sp³-hybridized carbons (Fsp3) is 0.381. The lowest BCUT2D eigenvalue weighted by atomic mass is 10.1. The smallest absolute Gasteiger partial charge is 0.270 e. The fourth-order valence-electron chi connectivity index (χ4n) is 3.79. The summed E-state index contributed by atoms with van der Waals surface area (Å²) >= 11 is 0. The molecule has 0 unspecified atom stereocenters. The van der Waals surface area contributed by atoms with Crippen molar-refractivity contribution in [2.24, 2.45) is 0 Å². The third kappa shape index (κ3) is 3.95. The van der Waals surface area contributed by atoms with Crippen LogP contribution in [0.1, 0.15) is 56.3 Å². The van der Waals surface area contributed by atoms with Crippen LogP contribution in [0, 0.1) is 13.8 Å². The molecule has 1 N–H and O–H groups in total. The van der Waals surface area contributed by atoms with Crippen LogP contribution in [0.3, 0.4) is 0 Å². The zero-order chi connectivity index (χ0) is 22.2. The molecular formula is C21H25N3O5S. The van der Waals surface area contributed by atoms with E-state index in [1.165, 1.54) is 42.4 Å². The van der Waals surface area contributed by atoms with Crippen molar-refractivity contribution in [3.63, 3.8) is 0 Å². The molecule has 0 atom stereocenters. The maximum absolute atomic E-state index is 12.9. The van der Waals surface area contributed by atoms with E-state index in [4.69, 9.17) is 0 Å². The first-order valence-electron chi connectivity index (χ1n) is 9.64. The van der Waals surface area contributed by atoms with Gasteiger partial charge in [0.05, 0.1) is 4.90 Å². The predicted molar refractivity (Wildman–Crippen MR) is 111 cm³/mol. The quantitative estimate of drug-likeness (QED) is 0.730. The van der Waals surface area contributed by atoms with E-state index >= 15 is 0 Å². The average Bonchev–Trinajstić information content (AvgIpc) is 3.01. The van der Waals surface area contributed by atoms with Gasteiger partial charge in [-0.05, 0) is 45.4 Å². The molecule has 9 heteroatoms. The van der Waals surface area contributed by atoms with Gasteiger partial charge >= 0.3 is 0 Å². The van der Waals surface area contributed by atoms with Crippen molar-refractivity contribution in [1.82, 2.24) is 14.2 Å². The lowest BCUT2D eigenvalue weighted by molar-refractivity contribution is 0.0691. The molecular weight excluding hydrogens is 406 g/mol. The molecule has 1 aromatic heterocycles. The van der Waals surface area contributed by atoms with E-state index < -0.39 is 10.0 Å². The van der Waals surface area contributed by atoms with Gasteiger partial charge in [0, 0.05) is 43.0 Å². The van der Waals surface area contributed by atoms with E-state index in [0.717, 1.165) is 0 Å². The van der Waals surface area contributed by atoms with Crippen molar-refractivity contribution in [1.29, 1.82) is 0 Å². The summed E-state index contributed by atoms with van der Waals surface area (Å²) in [5.41, 5.74) is 2.61. The maximum Gasteiger partial charge on any atom is 0.270 e. The van der Waals surface area contributed by atoms with Crippen molar-refractivity contribution >= 4 is 27.5 Å². The lowest BCUT2D eigenvalue weighted by Crippen LogP contribution is -2.50. The van der Waals surface area contributed by atoms with Gasteiger partial charge in [-0.2, -0.15) is 4.31 Å². The summed E-state index contributed by atoms with van der Waals surface area (Å²) in [5, 5.41) is 0. The molecule has 1 amide bonds. The second kappa shape index (κ2) is 8.16. The second-order valence-electron chi connectivity index (χ2n) is 7.46. The Kier molecular flexibility index (Phi) is 5.96. The van der Waals surface area contributed by atoms with E-state index in [2.05, 4.69) is 4.98 Å². The maximum atomic E-state index is 12.9. The Morgan fingerprint density at radius 3 is 1.93 bits per heavy atom. The number of sulfonamides is 1. The topological polar surface area (TPSA) is 108 Å². The Morgan fingerprint density at radius 2 is 1.47 bits per heavy atom. The zero-order valence-corrected chi connectivity index (χ0v) is 18.3. The molecule has 1 saturated heterocycles. The molecule has 2 heterocycles. The number of Topliss-reactive ketones (excluding diaryl/α,β-unsaturated/α-hetero) is 2. The number of aromatic nitrogens is 1. The summed E-state index contributed by atoms with van der Waals surface area (Å²) in [5.74, 6) is -0.480. The number of nitrogens with zero attached hydrogens (tertiary/aromatic N) is 2. The number of amides is 1. The number of hydrogen-bond donors (Lipinski definition) is 1. The summed E-state index contributed by atoms with van der Waals surface area (Å²) in [6, 6.07) is 5.85. The molecule has 30 heavy (non-hydrogen) atoms. The highest BCUT2D eigenvalue weighted by atomic mass is 32.2. The summed E-state index contributed by atoms with van der Waals surface area (Å²) in [7, 11) is -3.71. The molecule has 8 nitrogen and oxygen atoms in total. The Morgan fingerprint density at radius 1 is 0.900 bits per heavy atom. The van der Waals surface area contributed by atoms with Gasteiger partial charge in [0.1, 0.15) is 5.69 Å². The number of ketones is 2. The highest BCUT2D eigenvalue weighted by Gasteiger charge is 2.32. The number of rotatable bonds is 5. The number of H-pyrrole nitrogens is 1. The number of hydrogen-bond acceptors (Lipinski definition) is 5. The van der Waals surface area contributed by atoms with Crippen molar-refractivity contribution in [3.8, 4) is 0 Å². The monoisotopic (exact) mass is 431 g/mol. The molecule has 0 radical (unpaired) electrons. The number of benzene rings is 1. The van der Waals surface area contributed by atoms with Crippen molar-refractivity contribution in [3.05, 3.63) is 52.3 Å². The minimum absolute atomic E-state index is 0.105. The van der Waals surface area contributed by atoms with E-state index in [-0.39, 0.29) is 48.5 Å². The predicted octanol–water partition coefficient (Wildman–Crippen LogP) is 2.18. The second-order valence-corrected chi connectivity index (χ2v) is 9.40. The van der Waals surface area contributed by atoms with Crippen molar-refractivity contribution in [2.45, 2.75) is 32.6 Å². The largest absolute Gasteiger partial charge is 0.354 e. The Bertz CT molecular complexity index is 1110. The molecule has 160 valence electrons. The molecule has 1 aromatic carbocycles. The van der Waals surface area contributed by atoms with Gasteiger partial charge in [0.2, 0.25) is 10.0 Å². The fourth-order valence-corrected chi connectivity index (χ4v) is 5.21. The van der Waals surface area contributed by atoms with Crippen LogP contribution in [0.15, 0.2) is 29.2 Å². The SMILES string of the molecule is CC(=O)c1ccc(S(=O)(=O)N2CCN(C(=O)c3[nH]c(C)c(C(C)=O)c3C)CC2)cc1. The molecule has 1 fully saturated rings. The first-order valence-corrected chi connectivity index (χ1v) is 11.1. The zero-order valence-electron chi connectivity index (χ0n) is 17.5. The number of aromatic amines is 1. The molecule has 1 aliphatic heterocycles. The average molecular weight is 432 g/mol. The summed E-state index contributed by atoms with van der Waals surface area (Å²) in [6.07, 6.45) is 0. The standard InChI is InChI=1S/C21H25N3O5S/c1-13-19(16(4)26)14(2)22-20(13)21(27)23-9-11-24(12-10-23)30(28,29)18-7-5-17(6-8-18)15(3)25/h5-8,22H,9-12H2,1-4H3. The van der Waals surface area contributed by atoms with Crippen molar-refractivity contribution in [2.75, 3.05) is 26.2 Å².